The number of nitriles is 1. The number of benzene rings is 2. The lowest BCUT2D eigenvalue weighted by molar-refractivity contribution is 0.475. The van der Waals surface area contributed by atoms with Gasteiger partial charge in [0.15, 0.2) is 0 Å². The molecule has 4 rings (SSSR count). The summed E-state index contributed by atoms with van der Waals surface area (Å²) in [4.78, 5) is 2.27. The van der Waals surface area contributed by atoms with Gasteiger partial charge in [-0.3, -0.25) is 5.01 Å². The molecule has 27 heavy (non-hydrogen) atoms. The molecule has 2 heterocycles. The highest BCUT2D eigenvalue weighted by Crippen LogP contribution is 2.30. The van der Waals surface area contributed by atoms with Crippen LogP contribution in [0.1, 0.15) is 24.0 Å². The summed E-state index contributed by atoms with van der Waals surface area (Å²) in [5, 5.41) is 28.9. The fourth-order valence-electron chi connectivity index (χ4n) is 3.40. The molecular formula is C20H20N6O. The lowest BCUT2D eigenvalue weighted by Crippen LogP contribution is -2.28. The standard InChI is InChI=1S/C20H20N6O/c21-12-17-5-6-18(11-20(17)24-9-1-2-10-24)26(25-14-22-23-15-25)13-16-3-7-19(27)8-4-16/h3-8,11,14-15,27H,1-2,9-10,13H2. The third-order valence-corrected chi connectivity index (χ3v) is 4.80. The van der Waals surface area contributed by atoms with Gasteiger partial charge in [-0.2, -0.15) is 5.26 Å². The van der Waals surface area contributed by atoms with Gasteiger partial charge in [-0.15, -0.1) is 10.2 Å². The number of hydrogen-bond donors (Lipinski definition) is 1. The van der Waals surface area contributed by atoms with Gasteiger partial charge in [0.05, 0.1) is 23.5 Å². The molecule has 1 saturated heterocycles. The number of aromatic hydroxyl groups is 1. The summed E-state index contributed by atoms with van der Waals surface area (Å²) in [6, 6.07) is 15.3. The molecule has 0 aliphatic carbocycles. The molecular weight excluding hydrogens is 340 g/mol. The van der Waals surface area contributed by atoms with Crippen molar-refractivity contribution in [2.24, 2.45) is 0 Å². The zero-order valence-electron chi connectivity index (χ0n) is 14.9. The molecule has 0 spiro atoms. The van der Waals surface area contributed by atoms with Crippen LogP contribution in [0.2, 0.25) is 0 Å². The van der Waals surface area contributed by atoms with Crippen LogP contribution in [-0.2, 0) is 6.54 Å². The normalized spacial score (nSPS) is 13.5. The zero-order valence-corrected chi connectivity index (χ0v) is 14.9. The van der Waals surface area contributed by atoms with E-state index in [4.69, 9.17) is 0 Å². The first-order valence-corrected chi connectivity index (χ1v) is 8.94. The fraction of sp³-hybridized carbons (Fsp3) is 0.250. The maximum absolute atomic E-state index is 9.53. The molecule has 7 nitrogen and oxygen atoms in total. The van der Waals surface area contributed by atoms with Gasteiger partial charge in [0.2, 0.25) is 0 Å². The molecule has 136 valence electrons. The predicted molar refractivity (Wildman–Crippen MR) is 102 cm³/mol. The van der Waals surface area contributed by atoms with Crippen LogP contribution in [0, 0.1) is 11.3 Å². The predicted octanol–water partition coefficient (Wildman–Crippen LogP) is 2.93. The van der Waals surface area contributed by atoms with Gasteiger partial charge >= 0.3 is 0 Å². The number of hydrogen-bond acceptors (Lipinski definition) is 6. The van der Waals surface area contributed by atoms with Gasteiger partial charge < -0.3 is 10.0 Å². The van der Waals surface area contributed by atoms with E-state index in [1.54, 1.807) is 24.8 Å². The number of aromatic nitrogens is 3. The van der Waals surface area contributed by atoms with Gasteiger partial charge in [-0.05, 0) is 48.7 Å². The second kappa shape index (κ2) is 7.38. The Hall–Kier alpha value is -3.53. The van der Waals surface area contributed by atoms with Gasteiger partial charge in [0, 0.05) is 13.1 Å². The molecule has 1 aliphatic heterocycles. The minimum Gasteiger partial charge on any atom is -0.508 e. The number of phenols is 1. The van der Waals surface area contributed by atoms with Crippen molar-refractivity contribution in [1.82, 2.24) is 14.9 Å². The van der Waals surface area contributed by atoms with E-state index in [0.717, 1.165) is 42.9 Å². The number of anilines is 2. The SMILES string of the molecule is N#Cc1ccc(N(Cc2ccc(O)cc2)n2cnnc2)cc1N1CCCC1. The second-order valence-corrected chi connectivity index (χ2v) is 6.57. The van der Waals surface area contributed by atoms with E-state index >= 15 is 0 Å². The molecule has 7 heteroatoms. The highest BCUT2D eigenvalue weighted by atomic mass is 16.3. The minimum atomic E-state index is 0.240. The van der Waals surface area contributed by atoms with Crippen molar-refractivity contribution in [1.29, 1.82) is 5.26 Å². The van der Waals surface area contributed by atoms with Crippen molar-refractivity contribution < 1.29 is 5.11 Å². The van der Waals surface area contributed by atoms with Crippen LogP contribution in [0.25, 0.3) is 0 Å². The van der Waals surface area contributed by atoms with Crippen molar-refractivity contribution in [3.8, 4) is 11.8 Å². The van der Waals surface area contributed by atoms with Crippen LogP contribution in [0.15, 0.2) is 55.1 Å². The average Bonchev–Trinajstić information content (AvgIpc) is 3.41. The third kappa shape index (κ3) is 3.55. The van der Waals surface area contributed by atoms with Crippen molar-refractivity contribution in [2.45, 2.75) is 19.4 Å². The largest absolute Gasteiger partial charge is 0.508 e. The summed E-state index contributed by atoms with van der Waals surface area (Å²) in [6.07, 6.45) is 5.60. The topological polar surface area (TPSA) is 81.2 Å². The Kier molecular flexibility index (Phi) is 4.62. The summed E-state index contributed by atoms with van der Waals surface area (Å²) in [7, 11) is 0. The van der Waals surface area contributed by atoms with Crippen LogP contribution in [0.4, 0.5) is 11.4 Å². The highest BCUT2D eigenvalue weighted by Gasteiger charge is 2.19. The third-order valence-electron chi connectivity index (χ3n) is 4.80. The second-order valence-electron chi connectivity index (χ2n) is 6.57. The summed E-state index contributed by atoms with van der Waals surface area (Å²) in [5.74, 6) is 0.240. The molecule has 0 bridgehead atoms. The molecule has 1 aliphatic rings. The van der Waals surface area contributed by atoms with E-state index in [-0.39, 0.29) is 5.75 Å². The fourth-order valence-corrected chi connectivity index (χ4v) is 3.40. The Morgan fingerprint density at radius 1 is 1.04 bits per heavy atom. The summed E-state index contributed by atoms with van der Waals surface area (Å²) >= 11 is 0. The Labute approximate surface area is 157 Å². The Morgan fingerprint density at radius 3 is 2.41 bits per heavy atom. The van der Waals surface area contributed by atoms with Crippen molar-refractivity contribution >= 4 is 11.4 Å². The summed E-state index contributed by atoms with van der Waals surface area (Å²) in [5.41, 5.74) is 3.64. The van der Waals surface area contributed by atoms with Crippen molar-refractivity contribution in [3.63, 3.8) is 0 Å². The molecule has 1 fully saturated rings. The first kappa shape index (κ1) is 16.9. The summed E-state index contributed by atoms with van der Waals surface area (Å²) in [6.45, 7) is 2.52. The quantitative estimate of drug-likeness (QED) is 0.753. The maximum Gasteiger partial charge on any atom is 0.139 e. The molecule has 0 atom stereocenters. The van der Waals surface area contributed by atoms with Gasteiger partial charge in [-0.1, -0.05) is 12.1 Å². The minimum absolute atomic E-state index is 0.240. The number of nitrogens with zero attached hydrogens (tertiary/aromatic N) is 6. The van der Waals surface area contributed by atoms with E-state index in [0.29, 0.717) is 12.1 Å². The lowest BCUT2D eigenvalue weighted by atomic mass is 10.1. The van der Waals surface area contributed by atoms with Crippen molar-refractivity contribution in [2.75, 3.05) is 23.0 Å². The smallest absolute Gasteiger partial charge is 0.139 e. The van der Waals surface area contributed by atoms with E-state index in [2.05, 4.69) is 27.2 Å². The average molecular weight is 360 g/mol. The molecule has 2 aromatic carbocycles. The van der Waals surface area contributed by atoms with Crippen LogP contribution in [0.5, 0.6) is 5.75 Å². The summed E-state index contributed by atoms with van der Waals surface area (Å²) < 4.78 is 1.82. The van der Waals surface area contributed by atoms with E-state index in [1.165, 1.54) is 0 Å². The molecule has 1 aromatic heterocycles. The number of rotatable bonds is 5. The Bertz CT molecular complexity index is 940. The molecule has 1 N–H and O–H groups in total. The van der Waals surface area contributed by atoms with Gasteiger partial charge in [0.1, 0.15) is 24.5 Å². The van der Waals surface area contributed by atoms with Gasteiger partial charge in [0.25, 0.3) is 0 Å². The van der Waals surface area contributed by atoms with E-state index in [9.17, 15) is 10.4 Å². The lowest BCUT2D eigenvalue weighted by Gasteiger charge is -2.27. The number of phenolic OH excluding ortho intramolecular Hbond substituents is 1. The van der Waals surface area contributed by atoms with Crippen LogP contribution >= 0.6 is 0 Å². The van der Waals surface area contributed by atoms with Gasteiger partial charge in [-0.25, -0.2) is 4.68 Å². The molecule has 0 radical (unpaired) electrons. The monoisotopic (exact) mass is 360 g/mol. The van der Waals surface area contributed by atoms with Crippen LogP contribution < -0.4 is 9.91 Å². The first-order chi connectivity index (χ1) is 13.2. The molecule has 0 amide bonds. The zero-order chi connectivity index (χ0) is 18.6. The van der Waals surface area contributed by atoms with E-state index in [1.807, 2.05) is 34.0 Å². The maximum atomic E-state index is 9.53. The first-order valence-electron chi connectivity index (χ1n) is 8.94. The van der Waals surface area contributed by atoms with E-state index < -0.39 is 0 Å². The molecule has 0 unspecified atom stereocenters. The molecule has 3 aromatic rings. The van der Waals surface area contributed by atoms with Crippen LogP contribution in [0.3, 0.4) is 0 Å². The Balaban J connectivity index is 1.72. The van der Waals surface area contributed by atoms with Crippen LogP contribution in [-0.4, -0.2) is 33.1 Å². The Morgan fingerprint density at radius 2 is 1.74 bits per heavy atom. The van der Waals surface area contributed by atoms with Crippen molar-refractivity contribution in [3.05, 3.63) is 66.2 Å². The molecule has 0 saturated carbocycles. The highest BCUT2D eigenvalue weighted by molar-refractivity contribution is 5.67.